The van der Waals surface area contributed by atoms with Crippen LogP contribution in [0.4, 0.5) is 0 Å². The van der Waals surface area contributed by atoms with Gasteiger partial charge in [0.05, 0.1) is 4.21 Å². The van der Waals surface area contributed by atoms with Crippen LogP contribution in [0.15, 0.2) is 45.1 Å². The molecule has 2 heterocycles. The zero-order chi connectivity index (χ0) is 11.4. The molecule has 0 saturated carbocycles. The van der Waals surface area contributed by atoms with Crippen LogP contribution in [0.25, 0.3) is 0 Å². The fourth-order valence-corrected chi connectivity index (χ4v) is 3.05. The van der Waals surface area contributed by atoms with Gasteiger partial charge in [-0.05, 0) is 36.4 Å². The molecule has 0 aliphatic carbocycles. The fraction of sp³-hybridized carbons (Fsp3) is 0.250. The van der Waals surface area contributed by atoms with Crippen LogP contribution in [0.3, 0.4) is 0 Å². The van der Waals surface area contributed by atoms with Crippen LogP contribution < -0.4 is 5.73 Å². The third-order valence-electron chi connectivity index (χ3n) is 2.06. The van der Waals surface area contributed by atoms with Crippen LogP contribution in [-0.2, 0) is 6.42 Å². The molecular weight excluding hydrogens is 236 g/mol. The summed E-state index contributed by atoms with van der Waals surface area (Å²) in [4.78, 5) is 4.42. The van der Waals surface area contributed by atoms with Gasteiger partial charge in [0, 0.05) is 12.2 Å². The lowest BCUT2D eigenvalue weighted by Gasteiger charge is -2.05. The van der Waals surface area contributed by atoms with Gasteiger partial charge in [0.15, 0.2) is 0 Å². The first-order valence-corrected chi connectivity index (χ1v) is 6.85. The van der Waals surface area contributed by atoms with E-state index in [1.54, 1.807) is 23.1 Å². The SMILES string of the molecule is CC(N)Cc1ccc(Sc2cccs2)nc1. The van der Waals surface area contributed by atoms with E-state index < -0.39 is 0 Å². The highest BCUT2D eigenvalue weighted by atomic mass is 32.2. The molecular formula is C12H14N2S2. The van der Waals surface area contributed by atoms with Gasteiger partial charge in [-0.3, -0.25) is 0 Å². The normalized spacial score (nSPS) is 12.6. The van der Waals surface area contributed by atoms with Gasteiger partial charge in [-0.25, -0.2) is 4.98 Å². The van der Waals surface area contributed by atoms with E-state index in [0.717, 1.165) is 11.4 Å². The summed E-state index contributed by atoms with van der Waals surface area (Å²) in [5.74, 6) is 0. The largest absolute Gasteiger partial charge is 0.328 e. The minimum absolute atomic E-state index is 0.192. The zero-order valence-electron chi connectivity index (χ0n) is 9.09. The molecule has 2 aromatic heterocycles. The first-order chi connectivity index (χ1) is 7.74. The molecule has 0 radical (unpaired) electrons. The van der Waals surface area contributed by atoms with E-state index in [1.807, 2.05) is 13.1 Å². The maximum Gasteiger partial charge on any atom is 0.101 e. The van der Waals surface area contributed by atoms with Gasteiger partial charge < -0.3 is 5.73 Å². The van der Waals surface area contributed by atoms with Gasteiger partial charge in [0.1, 0.15) is 5.03 Å². The van der Waals surface area contributed by atoms with Crippen LogP contribution in [0.2, 0.25) is 0 Å². The van der Waals surface area contributed by atoms with Crippen LogP contribution in [0, 0.1) is 0 Å². The molecule has 84 valence electrons. The van der Waals surface area contributed by atoms with Gasteiger partial charge in [-0.1, -0.05) is 23.9 Å². The Hall–Kier alpha value is -0.840. The first kappa shape index (κ1) is 11.6. The van der Waals surface area contributed by atoms with Crippen molar-refractivity contribution in [3.63, 3.8) is 0 Å². The third-order valence-corrected chi connectivity index (χ3v) is 4.04. The van der Waals surface area contributed by atoms with Crippen molar-refractivity contribution in [1.29, 1.82) is 0 Å². The predicted octanol–water partition coefficient (Wildman–Crippen LogP) is 3.18. The molecule has 0 amide bonds. The average molecular weight is 250 g/mol. The summed E-state index contributed by atoms with van der Waals surface area (Å²) < 4.78 is 1.27. The van der Waals surface area contributed by atoms with Gasteiger partial charge in [-0.2, -0.15) is 0 Å². The zero-order valence-corrected chi connectivity index (χ0v) is 10.7. The Kier molecular flexibility index (Phi) is 3.98. The Labute approximate surface area is 104 Å². The van der Waals surface area contributed by atoms with Crippen molar-refractivity contribution in [3.05, 3.63) is 41.4 Å². The number of nitrogens with zero attached hydrogens (tertiary/aromatic N) is 1. The third kappa shape index (κ3) is 3.33. The topological polar surface area (TPSA) is 38.9 Å². The summed E-state index contributed by atoms with van der Waals surface area (Å²) in [6.45, 7) is 2.01. The van der Waals surface area contributed by atoms with E-state index in [2.05, 4.69) is 34.6 Å². The first-order valence-electron chi connectivity index (χ1n) is 5.16. The lowest BCUT2D eigenvalue weighted by atomic mass is 10.1. The molecule has 0 aliphatic heterocycles. The monoisotopic (exact) mass is 250 g/mol. The molecule has 16 heavy (non-hydrogen) atoms. The van der Waals surface area contributed by atoms with Gasteiger partial charge in [0.2, 0.25) is 0 Å². The number of nitrogens with two attached hydrogens (primary N) is 1. The summed E-state index contributed by atoms with van der Waals surface area (Å²) >= 11 is 3.43. The van der Waals surface area contributed by atoms with Gasteiger partial charge >= 0.3 is 0 Å². The average Bonchev–Trinajstić information content (AvgIpc) is 2.73. The summed E-state index contributed by atoms with van der Waals surface area (Å²) in [5.41, 5.74) is 6.94. The van der Waals surface area contributed by atoms with Crippen molar-refractivity contribution in [2.75, 3.05) is 0 Å². The van der Waals surface area contributed by atoms with Crippen molar-refractivity contribution in [1.82, 2.24) is 4.98 Å². The number of hydrogen-bond donors (Lipinski definition) is 1. The Morgan fingerprint density at radius 2 is 2.31 bits per heavy atom. The van der Waals surface area contributed by atoms with Crippen LogP contribution in [-0.4, -0.2) is 11.0 Å². The second kappa shape index (κ2) is 5.48. The summed E-state index contributed by atoms with van der Waals surface area (Å²) in [6, 6.07) is 8.51. The van der Waals surface area contributed by atoms with E-state index in [0.29, 0.717) is 0 Å². The maximum absolute atomic E-state index is 5.74. The minimum atomic E-state index is 0.192. The number of rotatable bonds is 4. The number of aromatic nitrogens is 1. The molecule has 1 atom stereocenters. The Balaban J connectivity index is 2.02. The van der Waals surface area contributed by atoms with Crippen LogP contribution in [0.1, 0.15) is 12.5 Å². The molecule has 0 aliphatic rings. The van der Waals surface area contributed by atoms with E-state index in [1.165, 1.54) is 9.77 Å². The quantitative estimate of drug-likeness (QED) is 0.905. The van der Waals surface area contributed by atoms with E-state index >= 15 is 0 Å². The smallest absolute Gasteiger partial charge is 0.101 e. The number of pyridine rings is 1. The minimum Gasteiger partial charge on any atom is -0.328 e. The Morgan fingerprint density at radius 3 is 2.88 bits per heavy atom. The van der Waals surface area contributed by atoms with Crippen molar-refractivity contribution in [2.24, 2.45) is 5.73 Å². The summed E-state index contributed by atoms with van der Waals surface area (Å²) in [6.07, 6.45) is 2.80. The van der Waals surface area contributed by atoms with Gasteiger partial charge in [0.25, 0.3) is 0 Å². The number of thiophene rings is 1. The molecule has 2 nitrogen and oxygen atoms in total. The molecule has 2 N–H and O–H groups in total. The highest BCUT2D eigenvalue weighted by Crippen LogP contribution is 2.29. The molecule has 0 aromatic carbocycles. The molecule has 1 unspecified atom stereocenters. The lowest BCUT2D eigenvalue weighted by Crippen LogP contribution is -2.17. The maximum atomic E-state index is 5.74. The summed E-state index contributed by atoms with van der Waals surface area (Å²) in [7, 11) is 0. The summed E-state index contributed by atoms with van der Waals surface area (Å²) in [5, 5.41) is 3.11. The highest BCUT2D eigenvalue weighted by molar-refractivity contribution is 8.01. The van der Waals surface area contributed by atoms with Crippen molar-refractivity contribution < 1.29 is 0 Å². The molecule has 4 heteroatoms. The van der Waals surface area contributed by atoms with Gasteiger partial charge in [-0.15, -0.1) is 11.3 Å². The number of hydrogen-bond acceptors (Lipinski definition) is 4. The van der Waals surface area contributed by atoms with Crippen LogP contribution >= 0.6 is 23.1 Å². The van der Waals surface area contributed by atoms with Crippen molar-refractivity contribution >= 4 is 23.1 Å². The molecule has 0 spiro atoms. The van der Waals surface area contributed by atoms with E-state index in [4.69, 9.17) is 5.73 Å². The fourth-order valence-electron chi connectivity index (χ4n) is 1.39. The standard InChI is InChI=1S/C12H14N2S2/c1-9(13)7-10-4-5-11(14-8-10)16-12-3-2-6-15-12/h2-6,8-9H,7,13H2,1H3. The van der Waals surface area contributed by atoms with Crippen molar-refractivity contribution in [3.8, 4) is 0 Å². The molecule has 2 aromatic rings. The second-order valence-electron chi connectivity index (χ2n) is 3.72. The highest BCUT2D eigenvalue weighted by Gasteiger charge is 2.01. The van der Waals surface area contributed by atoms with Crippen LogP contribution in [0.5, 0.6) is 0 Å². The molecule has 0 saturated heterocycles. The second-order valence-corrected chi connectivity index (χ2v) is 5.99. The molecule has 0 fully saturated rings. The lowest BCUT2D eigenvalue weighted by molar-refractivity contribution is 0.734. The van der Waals surface area contributed by atoms with Crippen molar-refractivity contribution in [2.45, 2.75) is 28.6 Å². The Morgan fingerprint density at radius 1 is 1.44 bits per heavy atom. The predicted molar refractivity (Wildman–Crippen MR) is 70.0 cm³/mol. The molecule has 2 rings (SSSR count). The van der Waals surface area contributed by atoms with E-state index in [-0.39, 0.29) is 6.04 Å². The van der Waals surface area contributed by atoms with E-state index in [9.17, 15) is 0 Å². The molecule has 0 bridgehead atoms. The Bertz CT molecular complexity index is 421.